The van der Waals surface area contributed by atoms with Gasteiger partial charge in [-0.1, -0.05) is 49.0 Å². The molecule has 0 heterocycles. The maximum Gasteiger partial charge on any atom is 0.330 e. The standard InChI is InChI=1S/C20H20O4S/c1-2-19(21)23-13-11-15-7-9-16(10-8-15)17-5-3-4-6-18(17)24-20(22)12-14-25/h2-10,25H,1,11-14H2. The number of para-hydroxylation sites is 1. The Balaban J connectivity index is 2.08. The molecular weight excluding hydrogens is 336 g/mol. The predicted molar refractivity (Wildman–Crippen MR) is 101 cm³/mol. The molecule has 130 valence electrons. The maximum atomic E-state index is 11.7. The molecule has 0 N–H and O–H groups in total. The van der Waals surface area contributed by atoms with Gasteiger partial charge in [0.1, 0.15) is 5.75 Å². The average Bonchev–Trinajstić information content (AvgIpc) is 2.63. The van der Waals surface area contributed by atoms with Crippen LogP contribution in [0.1, 0.15) is 12.0 Å². The van der Waals surface area contributed by atoms with Crippen LogP contribution in [0.3, 0.4) is 0 Å². The minimum absolute atomic E-state index is 0.264. The van der Waals surface area contributed by atoms with E-state index >= 15 is 0 Å². The molecule has 25 heavy (non-hydrogen) atoms. The molecule has 5 heteroatoms. The minimum atomic E-state index is -0.423. The highest BCUT2D eigenvalue weighted by atomic mass is 32.1. The fraction of sp³-hybridized carbons (Fsp3) is 0.200. The number of ether oxygens (including phenoxy) is 2. The monoisotopic (exact) mass is 356 g/mol. The lowest BCUT2D eigenvalue weighted by atomic mass is 10.0. The third-order valence-corrected chi connectivity index (χ3v) is 3.72. The van der Waals surface area contributed by atoms with Crippen LogP contribution in [-0.4, -0.2) is 24.3 Å². The van der Waals surface area contributed by atoms with Crippen molar-refractivity contribution in [2.24, 2.45) is 0 Å². The summed E-state index contributed by atoms with van der Waals surface area (Å²) in [6, 6.07) is 15.2. The number of rotatable bonds is 8. The number of esters is 2. The van der Waals surface area contributed by atoms with Crippen LogP contribution in [0.5, 0.6) is 5.75 Å². The largest absolute Gasteiger partial charge is 0.462 e. The van der Waals surface area contributed by atoms with E-state index in [0.29, 0.717) is 24.5 Å². The summed E-state index contributed by atoms with van der Waals surface area (Å²) >= 11 is 4.04. The maximum absolute atomic E-state index is 11.7. The van der Waals surface area contributed by atoms with Crippen molar-refractivity contribution in [2.75, 3.05) is 12.4 Å². The number of carbonyl (C=O) groups is 2. The first kappa shape index (κ1) is 18.8. The second-order valence-corrected chi connectivity index (χ2v) is 5.71. The summed E-state index contributed by atoms with van der Waals surface area (Å²) in [6.45, 7) is 3.66. The minimum Gasteiger partial charge on any atom is -0.462 e. The van der Waals surface area contributed by atoms with Gasteiger partial charge in [-0.2, -0.15) is 12.6 Å². The zero-order valence-electron chi connectivity index (χ0n) is 13.8. The van der Waals surface area contributed by atoms with Crippen molar-refractivity contribution in [3.05, 3.63) is 66.7 Å². The van der Waals surface area contributed by atoms with Crippen LogP contribution in [0.2, 0.25) is 0 Å². The molecule has 2 aromatic carbocycles. The molecule has 0 unspecified atom stereocenters. The highest BCUT2D eigenvalue weighted by Gasteiger charge is 2.10. The van der Waals surface area contributed by atoms with Crippen molar-refractivity contribution in [2.45, 2.75) is 12.8 Å². The number of benzene rings is 2. The highest BCUT2D eigenvalue weighted by molar-refractivity contribution is 7.80. The summed E-state index contributed by atoms with van der Waals surface area (Å²) in [5.41, 5.74) is 2.84. The van der Waals surface area contributed by atoms with Crippen LogP contribution < -0.4 is 4.74 Å². The Morgan fingerprint density at radius 2 is 1.80 bits per heavy atom. The fourth-order valence-electron chi connectivity index (χ4n) is 2.24. The molecule has 0 saturated carbocycles. The Morgan fingerprint density at radius 1 is 1.08 bits per heavy atom. The SMILES string of the molecule is C=CC(=O)OCCc1ccc(-c2ccccc2OC(=O)CCS)cc1. The van der Waals surface area contributed by atoms with Crippen molar-refractivity contribution in [3.8, 4) is 16.9 Å². The van der Waals surface area contributed by atoms with E-state index < -0.39 is 5.97 Å². The normalized spacial score (nSPS) is 10.1. The molecule has 0 atom stereocenters. The second-order valence-electron chi connectivity index (χ2n) is 5.26. The van der Waals surface area contributed by atoms with Gasteiger partial charge < -0.3 is 9.47 Å². The molecule has 4 nitrogen and oxygen atoms in total. The second kappa shape index (κ2) is 9.69. The van der Waals surface area contributed by atoms with E-state index in [-0.39, 0.29) is 12.4 Å². The van der Waals surface area contributed by atoms with Crippen LogP contribution in [0.15, 0.2) is 61.2 Å². The van der Waals surface area contributed by atoms with Crippen LogP contribution in [0.25, 0.3) is 11.1 Å². The van der Waals surface area contributed by atoms with Gasteiger partial charge >= 0.3 is 11.9 Å². The van der Waals surface area contributed by atoms with E-state index in [1.54, 1.807) is 6.07 Å². The lowest BCUT2D eigenvalue weighted by Crippen LogP contribution is -2.08. The van der Waals surface area contributed by atoms with E-state index in [9.17, 15) is 9.59 Å². The van der Waals surface area contributed by atoms with Crippen LogP contribution in [0.4, 0.5) is 0 Å². The molecular formula is C20H20O4S. The quantitative estimate of drug-likeness (QED) is 0.338. The molecule has 0 saturated heterocycles. The highest BCUT2D eigenvalue weighted by Crippen LogP contribution is 2.30. The van der Waals surface area contributed by atoms with Gasteiger partial charge in [-0.15, -0.1) is 0 Å². The van der Waals surface area contributed by atoms with E-state index in [4.69, 9.17) is 9.47 Å². The predicted octanol–water partition coefficient (Wildman–Crippen LogP) is 3.85. The summed E-state index contributed by atoms with van der Waals surface area (Å²) in [6.07, 6.45) is 2.04. The topological polar surface area (TPSA) is 52.6 Å². The van der Waals surface area contributed by atoms with Gasteiger partial charge in [0.05, 0.1) is 13.0 Å². The molecule has 2 aromatic rings. The molecule has 0 fully saturated rings. The van der Waals surface area contributed by atoms with Crippen LogP contribution >= 0.6 is 12.6 Å². The number of hydrogen-bond donors (Lipinski definition) is 1. The van der Waals surface area contributed by atoms with Crippen molar-refractivity contribution < 1.29 is 19.1 Å². The summed E-state index contributed by atoms with van der Waals surface area (Å²) in [7, 11) is 0. The molecule has 0 spiro atoms. The zero-order valence-corrected chi connectivity index (χ0v) is 14.7. The Kier molecular flexibility index (Phi) is 7.29. The first-order valence-electron chi connectivity index (χ1n) is 7.93. The molecule has 0 bridgehead atoms. The fourth-order valence-corrected chi connectivity index (χ4v) is 2.42. The summed E-state index contributed by atoms with van der Waals surface area (Å²) in [5, 5.41) is 0. The van der Waals surface area contributed by atoms with Gasteiger partial charge in [-0.3, -0.25) is 4.79 Å². The van der Waals surface area contributed by atoms with E-state index in [0.717, 1.165) is 22.8 Å². The van der Waals surface area contributed by atoms with Gasteiger partial charge in [-0.25, -0.2) is 4.79 Å². The van der Waals surface area contributed by atoms with Gasteiger partial charge in [0.2, 0.25) is 0 Å². The Labute approximate surface area is 152 Å². The number of hydrogen-bond acceptors (Lipinski definition) is 5. The third-order valence-electron chi connectivity index (χ3n) is 3.49. The summed E-state index contributed by atoms with van der Waals surface area (Å²) in [5.74, 6) is 0.255. The van der Waals surface area contributed by atoms with Crippen LogP contribution in [0, 0.1) is 0 Å². The van der Waals surface area contributed by atoms with Crippen LogP contribution in [-0.2, 0) is 20.7 Å². The summed E-state index contributed by atoms with van der Waals surface area (Å²) < 4.78 is 10.4. The Bertz CT molecular complexity index is 738. The van der Waals surface area contributed by atoms with E-state index in [2.05, 4.69) is 19.2 Å². The molecule has 0 aliphatic carbocycles. The molecule has 0 aliphatic heterocycles. The third kappa shape index (κ3) is 5.80. The molecule has 0 radical (unpaired) electrons. The number of thiol groups is 1. The first-order valence-corrected chi connectivity index (χ1v) is 8.56. The summed E-state index contributed by atoms with van der Waals surface area (Å²) in [4.78, 5) is 22.8. The average molecular weight is 356 g/mol. The van der Waals surface area contributed by atoms with Crippen molar-refractivity contribution in [1.82, 2.24) is 0 Å². The lowest BCUT2D eigenvalue weighted by molar-refractivity contribution is -0.137. The van der Waals surface area contributed by atoms with Gasteiger partial charge in [0.25, 0.3) is 0 Å². The van der Waals surface area contributed by atoms with Gasteiger partial charge in [-0.05, 0) is 17.2 Å². The van der Waals surface area contributed by atoms with Crippen molar-refractivity contribution in [1.29, 1.82) is 0 Å². The molecule has 0 aromatic heterocycles. The van der Waals surface area contributed by atoms with E-state index in [1.807, 2.05) is 42.5 Å². The molecule has 0 aliphatic rings. The van der Waals surface area contributed by atoms with Crippen molar-refractivity contribution >= 4 is 24.6 Å². The van der Waals surface area contributed by atoms with Crippen molar-refractivity contribution in [3.63, 3.8) is 0 Å². The smallest absolute Gasteiger partial charge is 0.330 e. The van der Waals surface area contributed by atoms with Gasteiger partial charge in [0.15, 0.2) is 0 Å². The lowest BCUT2D eigenvalue weighted by Gasteiger charge is -2.10. The Hall–Kier alpha value is -2.53. The number of carbonyl (C=O) groups excluding carboxylic acids is 2. The first-order chi connectivity index (χ1) is 12.1. The van der Waals surface area contributed by atoms with E-state index in [1.165, 1.54) is 0 Å². The van der Waals surface area contributed by atoms with Gasteiger partial charge in [0, 0.05) is 23.8 Å². The zero-order chi connectivity index (χ0) is 18.1. The molecule has 2 rings (SSSR count). The Morgan fingerprint density at radius 3 is 2.48 bits per heavy atom. The molecule has 0 amide bonds.